The second kappa shape index (κ2) is 3.93. The summed E-state index contributed by atoms with van der Waals surface area (Å²) in [7, 11) is 0. The largest absolute Gasteiger partial charge is 0.316 e. The van der Waals surface area contributed by atoms with Gasteiger partial charge in [0.15, 0.2) is 0 Å². The summed E-state index contributed by atoms with van der Waals surface area (Å²) in [5, 5.41) is 3.45. The Labute approximate surface area is 80.2 Å². The van der Waals surface area contributed by atoms with Crippen LogP contribution in [0.4, 0.5) is 0 Å². The molecule has 1 nitrogen and oxygen atoms in total. The summed E-state index contributed by atoms with van der Waals surface area (Å²) < 4.78 is 0. The topological polar surface area (TPSA) is 12.0 Å². The van der Waals surface area contributed by atoms with Crippen LogP contribution < -0.4 is 5.32 Å². The predicted molar refractivity (Wildman–Crippen MR) is 56.0 cm³/mol. The number of aryl methyl sites for hydroxylation is 1. The van der Waals surface area contributed by atoms with Gasteiger partial charge in [-0.3, -0.25) is 0 Å². The Morgan fingerprint density at radius 3 is 3.00 bits per heavy atom. The minimum atomic E-state index is 0.744. The Morgan fingerprint density at radius 2 is 2.31 bits per heavy atom. The van der Waals surface area contributed by atoms with E-state index in [0.29, 0.717) is 0 Å². The highest BCUT2D eigenvalue weighted by Gasteiger charge is 2.14. The summed E-state index contributed by atoms with van der Waals surface area (Å²) in [5.41, 5.74) is 2.88. The lowest BCUT2D eigenvalue weighted by atomic mass is 9.91. The molecule has 0 spiro atoms. The number of piperidine rings is 1. The molecule has 0 aliphatic carbocycles. The van der Waals surface area contributed by atoms with Crippen molar-refractivity contribution in [1.29, 1.82) is 0 Å². The Kier molecular flexibility index (Phi) is 2.65. The Bertz CT molecular complexity index is 274. The van der Waals surface area contributed by atoms with Crippen LogP contribution in [0.3, 0.4) is 0 Å². The fourth-order valence-electron chi connectivity index (χ4n) is 2.06. The van der Waals surface area contributed by atoms with Crippen LogP contribution in [0, 0.1) is 6.92 Å². The maximum absolute atomic E-state index is 3.45. The first kappa shape index (κ1) is 8.76. The van der Waals surface area contributed by atoms with Crippen molar-refractivity contribution < 1.29 is 0 Å². The van der Waals surface area contributed by atoms with Gasteiger partial charge in [-0.1, -0.05) is 29.8 Å². The minimum absolute atomic E-state index is 0.744. The van der Waals surface area contributed by atoms with Gasteiger partial charge in [0.2, 0.25) is 0 Å². The molecule has 1 N–H and O–H groups in total. The summed E-state index contributed by atoms with van der Waals surface area (Å²) in [4.78, 5) is 0. The van der Waals surface area contributed by atoms with Crippen molar-refractivity contribution in [1.82, 2.24) is 5.32 Å². The normalized spacial score (nSPS) is 23.0. The van der Waals surface area contributed by atoms with Gasteiger partial charge in [0.05, 0.1) is 0 Å². The molecule has 13 heavy (non-hydrogen) atoms. The molecule has 70 valence electrons. The third kappa shape index (κ3) is 2.10. The molecule has 0 aromatic heterocycles. The van der Waals surface area contributed by atoms with Gasteiger partial charge in [-0.25, -0.2) is 0 Å². The standard InChI is InChI=1S/C12H17N/c1-10-4-2-5-11(8-10)12-6-3-7-13-9-12/h2,4-5,8,12-13H,3,6-7,9H2,1H3. The molecule has 0 radical (unpaired) electrons. The van der Waals surface area contributed by atoms with E-state index in [4.69, 9.17) is 0 Å². The van der Waals surface area contributed by atoms with Gasteiger partial charge in [0.1, 0.15) is 0 Å². The fourth-order valence-corrected chi connectivity index (χ4v) is 2.06. The molecule has 1 heteroatoms. The number of nitrogens with one attached hydrogen (secondary N) is 1. The average molecular weight is 175 g/mol. The highest BCUT2D eigenvalue weighted by atomic mass is 14.9. The molecule has 0 bridgehead atoms. The van der Waals surface area contributed by atoms with Crippen molar-refractivity contribution in [3.63, 3.8) is 0 Å². The molecule has 0 saturated carbocycles. The van der Waals surface area contributed by atoms with Crippen LogP contribution in [0.5, 0.6) is 0 Å². The number of benzene rings is 1. The van der Waals surface area contributed by atoms with Crippen LogP contribution >= 0.6 is 0 Å². The van der Waals surface area contributed by atoms with Crippen molar-refractivity contribution in [2.45, 2.75) is 25.7 Å². The monoisotopic (exact) mass is 175 g/mol. The van der Waals surface area contributed by atoms with Gasteiger partial charge in [0, 0.05) is 6.54 Å². The molecular weight excluding hydrogens is 158 g/mol. The fraction of sp³-hybridized carbons (Fsp3) is 0.500. The molecule has 1 unspecified atom stereocenters. The molecule has 1 fully saturated rings. The van der Waals surface area contributed by atoms with Gasteiger partial charge < -0.3 is 5.32 Å². The zero-order chi connectivity index (χ0) is 9.10. The highest BCUT2D eigenvalue weighted by molar-refractivity contribution is 5.26. The lowest BCUT2D eigenvalue weighted by Crippen LogP contribution is -2.28. The lowest BCUT2D eigenvalue weighted by Gasteiger charge is -2.23. The van der Waals surface area contributed by atoms with Crippen LogP contribution in [0.25, 0.3) is 0 Å². The highest BCUT2D eigenvalue weighted by Crippen LogP contribution is 2.23. The average Bonchev–Trinajstić information content (AvgIpc) is 2.19. The predicted octanol–water partition coefficient (Wildman–Crippen LogP) is 2.46. The van der Waals surface area contributed by atoms with Crippen LogP contribution in [0.2, 0.25) is 0 Å². The van der Waals surface area contributed by atoms with Crippen molar-refractivity contribution in [2.75, 3.05) is 13.1 Å². The van der Waals surface area contributed by atoms with Gasteiger partial charge in [-0.2, -0.15) is 0 Å². The van der Waals surface area contributed by atoms with Crippen LogP contribution in [0.15, 0.2) is 24.3 Å². The SMILES string of the molecule is Cc1cccc(C2CCCNC2)c1. The maximum Gasteiger partial charge on any atom is 0.00201 e. The van der Waals surface area contributed by atoms with E-state index in [-0.39, 0.29) is 0 Å². The van der Waals surface area contributed by atoms with E-state index < -0.39 is 0 Å². The van der Waals surface area contributed by atoms with Crippen molar-refractivity contribution in [2.24, 2.45) is 0 Å². The van der Waals surface area contributed by atoms with E-state index in [2.05, 4.69) is 36.5 Å². The second-order valence-electron chi connectivity index (χ2n) is 3.96. The quantitative estimate of drug-likeness (QED) is 0.691. The first-order valence-electron chi connectivity index (χ1n) is 5.13. The van der Waals surface area contributed by atoms with Crippen molar-refractivity contribution in [3.05, 3.63) is 35.4 Å². The molecule has 1 aromatic rings. The molecule has 0 amide bonds. The molecule has 1 aromatic carbocycles. The molecule has 1 atom stereocenters. The van der Waals surface area contributed by atoms with E-state index in [9.17, 15) is 0 Å². The molecule has 2 rings (SSSR count). The van der Waals surface area contributed by atoms with E-state index in [1.165, 1.54) is 30.5 Å². The summed E-state index contributed by atoms with van der Waals surface area (Å²) in [5.74, 6) is 0.744. The van der Waals surface area contributed by atoms with E-state index >= 15 is 0 Å². The minimum Gasteiger partial charge on any atom is -0.316 e. The van der Waals surface area contributed by atoms with E-state index in [1.807, 2.05) is 0 Å². The Hall–Kier alpha value is -0.820. The third-order valence-corrected chi connectivity index (χ3v) is 2.81. The number of hydrogen-bond donors (Lipinski definition) is 1. The Morgan fingerprint density at radius 1 is 1.38 bits per heavy atom. The van der Waals surface area contributed by atoms with Crippen LogP contribution in [-0.4, -0.2) is 13.1 Å². The molecule has 1 aliphatic rings. The first-order valence-corrected chi connectivity index (χ1v) is 5.13. The zero-order valence-electron chi connectivity index (χ0n) is 8.22. The van der Waals surface area contributed by atoms with Gasteiger partial charge in [-0.15, -0.1) is 0 Å². The van der Waals surface area contributed by atoms with E-state index in [0.717, 1.165) is 12.5 Å². The molecule has 1 aliphatic heterocycles. The van der Waals surface area contributed by atoms with Crippen LogP contribution in [-0.2, 0) is 0 Å². The summed E-state index contributed by atoms with van der Waals surface area (Å²) in [6, 6.07) is 8.90. The summed E-state index contributed by atoms with van der Waals surface area (Å²) in [6.07, 6.45) is 2.66. The Balaban J connectivity index is 2.14. The molecule has 1 heterocycles. The molecular formula is C12H17N. The lowest BCUT2D eigenvalue weighted by molar-refractivity contribution is 0.461. The third-order valence-electron chi connectivity index (χ3n) is 2.81. The number of hydrogen-bond acceptors (Lipinski definition) is 1. The van der Waals surface area contributed by atoms with E-state index in [1.54, 1.807) is 0 Å². The number of rotatable bonds is 1. The molecule has 1 saturated heterocycles. The zero-order valence-corrected chi connectivity index (χ0v) is 8.22. The summed E-state index contributed by atoms with van der Waals surface area (Å²) in [6.45, 7) is 4.52. The van der Waals surface area contributed by atoms with Crippen molar-refractivity contribution >= 4 is 0 Å². The summed E-state index contributed by atoms with van der Waals surface area (Å²) >= 11 is 0. The maximum atomic E-state index is 3.45. The van der Waals surface area contributed by atoms with Crippen LogP contribution in [0.1, 0.15) is 29.9 Å². The second-order valence-corrected chi connectivity index (χ2v) is 3.96. The van der Waals surface area contributed by atoms with Gasteiger partial charge in [-0.05, 0) is 37.8 Å². The smallest absolute Gasteiger partial charge is 0.00201 e. The van der Waals surface area contributed by atoms with Gasteiger partial charge >= 0.3 is 0 Å². The van der Waals surface area contributed by atoms with Crippen molar-refractivity contribution in [3.8, 4) is 0 Å². The van der Waals surface area contributed by atoms with Gasteiger partial charge in [0.25, 0.3) is 0 Å². The first-order chi connectivity index (χ1) is 6.36.